The lowest BCUT2D eigenvalue weighted by Crippen LogP contribution is -2.36. The average molecular weight is 245 g/mol. The Labute approximate surface area is 89.5 Å². The molecule has 0 atom stereocenters. The van der Waals surface area contributed by atoms with E-state index in [1.165, 1.54) is 13.8 Å². The Morgan fingerprint density at radius 1 is 1.19 bits per heavy atom. The molecule has 0 aromatic heterocycles. The predicted octanol–water partition coefficient (Wildman–Crippen LogP) is 3.00. The quantitative estimate of drug-likeness (QED) is 0.585. The third-order valence-electron chi connectivity index (χ3n) is 1.94. The lowest BCUT2D eigenvalue weighted by atomic mass is 10.1. The number of hydrogen-bond donors (Lipinski definition) is 1. The van der Waals surface area contributed by atoms with Gasteiger partial charge in [-0.2, -0.15) is 22.0 Å². The summed E-state index contributed by atoms with van der Waals surface area (Å²) in [6.45, 7) is 3.02. The molecule has 0 saturated carbocycles. The summed E-state index contributed by atoms with van der Waals surface area (Å²) in [7, 11) is 0. The van der Waals surface area contributed by atoms with Gasteiger partial charge in [0.2, 0.25) is 6.41 Å². The van der Waals surface area contributed by atoms with Gasteiger partial charge in [-0.05, 0) is 20.3 Å². The summed E-state index contributed by atoms with van der Waals surface area (Å²) < 4.78 is 60.5. The summed E-state index contributed by atoms with van der Waals surface area (Å²) in [5.41, 5.74) is 0.573. The van der Waals surface area contributed by atoms with Crippen LogP contribution in [0, 0.1) is 0 Å². The van der Waals surface area contributed by atoms with Crippen LogP contribution in [0.3, 0.4) is 0 Å². The molecular weight excluding hydrogens is 233 g/mol. The van der Waals surface area contributed by atoms with Gasteiger partial charge in [-0.1, -0.05) is 5.57 Å². The molecule has 0 aromatic rings. The van der Waals surface area contributed by atoms with Crippen LogP contribution in [0.5, 0.6) is 0 Å². The number of nitrogens with one attached hydrogen (secondary N) is 1. The van der Waals surface area contributed by atoms with Crippen LogP contribution >= 0.6 is 0 Å². The summed E-state index contributed by atoms with van der Waals surface area (Å²) in [6, 6.07) is 0. The van der Waals surface area contributed by atoms with E-state index in [2.05, 4.69) is 5.32 Å². The van der Waals surface area contributed by atoms with Gasteiger partial charge in [0.15, 0.2) is 0 Å². The van der Waals surface area contributed by atoms with E-state index in [9.17, 15) is 26.7 Å². The van der Waals surface area contributed by atoms with Crippen molar-refractivity contribution in [2.75, 3.05) is 0 Å². The molecule has 94 valence electrons. The van der Waals surface area contributed by atoms with Crippen LogP contribution in [0.25, 0.3) is 0 Å². The molecule has 0 saturated heterocycles. The average Bonchev–Trinajstić information content (AvgIpc) is 2.09. The minimum atomic E-state index is -5.55. The third kappa shape index (κ3) is 4.16. The highest BCUT2D eigenvalue weighted by molar-refractivity contribution is 5.50. The fourth-order valence-corrected chi connectivity index (χ4v) is 0.961. The normalized spacial score (nSPS) is 12.2. The van der Waals surface area contributed by atoms with Crippen LogP contribution in [0.15, 0.2) is 11.3 Å². The molecule has 1 N–H and O–H groups in total. The number of hydrogen-bond acceptors (Lipinski definition) is 1. The Morgan fingerprint density at radius 2 is 1.69 bits per heavy atom. The minimum Gasteiger partial charge on any atom is -0.332 e. The number of carbonyl (C=O) groups excluding carboxylic acids is 1. The Hall–Kier alpha value is -1.14. The minimum absolute atomic E-state index is 0.0823. The van der Waals surface area contributed by atoms with Gasteiger partial charge in [-0.25, -0.2) is 0 Å². The van der Waals surface area contributed by atoms with Crippen LogP contribution in [-0.2, 0) is 4.79 Å². The van der Waals surface area contributed by atoms with Gasteiger partial charge in [-0.15, -0.1) is 0 Å². The van der Waals surface area contributed by atoms with E-state index in [1.807, 2.05) is 0 Å². The van der Waals surface area contributed by atoms with E-state index < -0.39 is 24.9 Å². The second kappa shape index (κ2) is 5.27. The van der Waals surface area contributed by atoms with Crippen molar-refractivity contribution < 1.29 is 26.7 Å². The van der Waals surface area contributed by atoms with Crippen LogP contribution in [0.4, 0.5) is 22.0 Å². The Morgan fingerprint density at radius 3 is 2.00 bits per heavy atom. The zero-order valence-electron chi connectivity index (χ0n) is 8.79. The van der Waals surface area contributed by atoms with Crippen LogP contribution in [0.2, 0.25) is 0 Å². The van der Waals surface area contributed by atoms with Gasteiger partial charge in [0.1, 0.15) is 0 Å². The predicted molar refractivity (Wildman–Crippen MR) is 47.8 cm³/mol. The van der Waals surface area contributed by atoms with Crippen molar-refractivity contribution in [2.45, 2.75) is 38.8 Å². The smallest absolute Gasteiger partial charge is 0.332 e. The number of alkyl halides is 5. The van der Waals surface area contributed by atoms with Crippen molar-refractivity contribution in [1.82, 2.24) is 5.32 Å². The molecule has 0 fully saturated rings. The van der Waals surface area contributed by atoms with E-state index >= 15 is 0 Å². The third-order valence-corrected chi connectivity index (χ3v) is 1.94. The first kappa shape index (κ1) is 14.9. The van der Waals surface area contributed by atoms with Crippen molar-refractivity contribution in [3.63, 3.8) is 0 Å². The molecule has 0 spiro atoms. The van der Waals surface area contributed by atoms with E-state index in [1.54, 1.807) is 0 Å². The molecule has 1 amide bonds. The summed E-state index contributed by atoms with van der Waals surface area (Å²) in [6.07, 6.45) is -7.22. The standard InChI is InChI=1S/C9H12F5NO/c1-6(2)7(15-5-16)3-4-8(10,11)9(12,13)14/h5H,3-4H2,1-2H3,(H,15,16). The molecule has 0 unspecified atom stereocenters. The molecule has 0 aromatic carbocycles. The van der Waals surface area contributed by atoms with E-state index in [0.29, 0.717) is 5.57 Å². The van der Waals surface area contributed by atoms with Crippen molar-refractivity contribution in [1.29, 1.82) is 0 Å². The molecule has 0 rings (SSSR count). The SMILES string of the molecule is CC(C)=C(CCC(F)(F)C(F)(F)F)NC=O. The molecule has 7 heteroatoms. The lowest BCUT2D eigenvalue weighted by molar-refractivity contribution is -0.284. The van der Waals surface area contributed by atoms with Crippen LogP contribution < -0.4 is 5.32 Å². The number of halogens is 5. The second-order valence-corrected chi connectivity index (χ2v) is 3.44. The Balaban J connectivity index is 4.55. The van der Waals surface area contributed by atoms with Gasteiger partial charge in [0, 0.05) is 12.1 Å². The lowest BCUT2D eigenvalue weighted by Gasteiger charge is -2.20. The second-order valence-electron chi connectivity index (χ2n) is 3.44. The molecule has 0 bridgehead atoms. The fraction of sp³-hybridized carbons (Fsp3) is 0.667. The first-order chi connectivity index (χ1) is 7.12. The van der Waals surface area contributed by atoms with Gasteiger partial charge in [-0.3, -0.25) is 4.79 Å². The highest BCUT2D eigenvalue weighted by Crippen LogP contribution is 2.39. The largest absolute Gasteiger partial charge is 0.453 e. The molecule has 0 aliphatic rings. The molecule has 0 radical (unpaired) electrons. The molecular formula is C9H12F5NO. The first-order valence-electron chi connectivity index (χ1n) is 4.43. The van der Waals surface area contributed by atoms with E-state index in [-0.39, 0.29) is 12.1 Å². The van der Waals surface area contributed by atoms with Crippen molar-refractivity contribution in [3.8, 4) is 0 Å². The maximum atomic E-state index is 12.5. The maximum Gasteiger partial charge on any atom is 0.453 e. The highest BCUT2D eigenvalue weighted by Gasteiger charge is 2.56. The molecule has 2 nitrogen and oxygen atoms in total. The molecule has 16 heavy (non-hydrogen) atoms. The van der Waals surface area contributed by atoms with Crippen LogP contribution in [0.1, 0.15) is 26.7 Å². The molecule has 0 aliphatic heterocycles. The molecule has 0 aliphatic carbocycles. The van der Waals surface area contributed by atoms with Gasteiger partial charge in [0.25, 0.3) is 0 Å². The number of carbonyl (C=O) groups is 1. The number of allylic oxidation sites excluding steroid dienone is 2. The summed E-state index contributed by atoms with van der Waals surface area (Å²) in [5.74, 6) is -4.74. The van der Waals surface area contributed by atoms with Gasteiger partial charge >= 0.3 is 12.1 Å². The van der Waals surface area contributed by atoms with Crippen molar-refractivity contribution >= 4 is 6.41 Å². The highest BCUT2D eigenvalue weighted by atomic mass is 19.4. The number of amides is 1. The van der Waals surface area contributed by atoms with E-state index in [0.717, 1.165) is 0 Å². The first-order valence-corrected chi connectivity index (χ1v) is 4.43. The zero-order chi connectivity index (χ0) is 13.0. The Bertz CT molecular complexity index is 278. The van der Waals surface area contributed by atoms with Crippen molar-refractivity contribution in [3.05, 3.63) is 11.3 Å². The zero-order valence-corrected chi connectivity index (χ0v) is 8.79. The van der Waals surface area contributed by atoms with E-state index in [4.69, 9.17) is 0 Å². The Kier molecular flexibility index (Phi) is 4.89. The maximum absolute atomic E-state index is 12.5. The summed E-state index contributed by atoms with van der Waals surface area (Å²) in [4.78, 5) is 10.1. The summed E-state index contributed by atoms with van der Waals surface area (Å²) in [5, 5.41) is 2.10. The number of rotatable bonds is 5. The molecule has 0 heterocycles. The van der Waals surface area contributed by atoms with Crippen LogP contribution in [-0.4, -0.2) is 18.5 Å². The van der Waals surface area contributed by atoms with Gasteiger partial charge in [0.05, 0.1) is 0 Å². The summed E-state index contributed by atoms with van der Waals surface area (Å²) >= 11 is 0. The topological polar surface area (TPSA) is 29.1 Å². The van der Waals surface area contributed by atoms with Crippen molar-refractivity contribution in [2.24, 2.45) is 0 Å². The monoisotopic (exact) mass is 245 g/mol. The van der Waals surface area contributed by atoms with Gasteiger partial charge < -0.3 is 5.32 Å². The fourth-order valence-electron chi connectivity index (χ4n) is 0.961.